The van der Waals surface area contributed by atoms with E-state index in [1.807, 2.05) is 28.9 Å². The van der Waals surface area contributed by atoms with Crippen molar-refractivity contribution >= 4 is 17.3 Å². The fraction of sp³-hybridized carbons (Fsp3) is 0.452. The van der Waals surface area contributed by atoms with E-state index in [4.69, 9.17) is 4.98 Å². The van der Waals surface area contributed by atoms with Crippen molar-refractivity contribution in [1.29, 1.82) is 0 Å². The number of hydrogen-bond donors (Lipinski definition) is 2. The molecule has 8 heteroatoms. The predicted octanol–water partition coefficient (Wildman–Crippen LogP) is 6.38. The van der Waals surface area contributed by atoms with Crippen molar-refractivity contribution in [3.8, 4) is 0 Å². The molecule has 1 aromatic carbocycles. The second-order valence-corrected chi connectivity index (χ2v) is 10.7. The minimum Gasteiger partial charge on any atom is -0.394 e. The molecule has 7 nitrogen and oxygen atoms in total. The number of unbranched alkanes of at least 4 members (excludes halogenated alkanes) is 4. The molecule has 1 atom stereocenters. The van der Waals surface area contributed by atoms with Gasteiger partial charge in [0.15, 0.2) is 5.65 Å². The Hall–Kier alpha value is -3.52. The van der Waals surface area contributed by atoms with Crippen LogP contribution in [0.15, 0.2) is 60.9 Å². The number of anilines is 2. The first-order valence-electron chi connectivity index (χ1n) is 14.1. The van der Waals surface area contributed by atoms with E-state index in [2.05, 4.69) is 65.5 Å². The Morgan fingerprint density at radius 3 is 2.46 bits per heavy atom. The zero-order valence-electron chi connectivity index (χ0n) is 23.4. The number of fused-ring (bicyclic) bond motifs is 1. The van der Waals surface area contributed by atoms with Crippen molar-refractivity contribution in [3.63, 3.8) is 0 Å². The van der Waals surface area contributed by atoms with Gasteiger partial charge in [-0.2, -0.15) is 14.0 Å². The summed E-state index contributed by atoms with van der Waals surface area (Å²) in [7, 11) is 2.07. The van der Waals surface area contributed by atoms with Gasteiger partial charge in [0.25, 0.3) is 0 Å². The Balaban J connectivity index is 1.35. The highest BCUT2D eigenvalue weighted by molar-refractivity contribution is 5.62. The summed E-state index contributed by atoms with van der Waals surface area (Å²) in [5, 5.41) is 18.3. The summed E-state index contributed by atoms with van der Waals surface area (Å²) in [4.78, 5) is 10.8. The number of aliphatic hydroxyl groups excluding tert-OH is 1. The number of nitrogens with one attached hydrogen (secondary N) is 1. The van der Waals surface area contributed by atoms with Crippen molar-refractivity contribution in [2.75, 3.05) is 23.9 Å². The van der Waals surface area contributed by atoms with E-state index in [0.29, 0.717) is 5.92 Å². The third-order valence-corrected chi connectivity index (χ3v) is 7.14. The predicted molar refractivity (Wildman–Crippen MR) is 156 cm³/mol. The molecule has 39 heavy (non-hydrogen) atoms. The highest BCUT2D eigenvalue weighted by atomic mass is 19.1. The van der Waals surface area contributed by atoms with Crippen LogP contribution in [0.4, 0.5) is 16.0 Å². The van der Waals surface area contributed by atoms with E-state index < -0.39 is 5.95 Å². The molecule has 3 heterocycles. The van der Waals surface area contributed by atoms with E-state index in [1.54, 1.807) is 6.20 Å². The first-order chi connectivity index (χ1) is 18.9. The molecule has 0 spiro atoms. The molecule has 3 aromatic heterocycles. The number of halogens is 1. The molecule has 0 aliphatic heterocycles. The molecular weight excluding hydrogens is 491 g/mol. The lowest BCUT2D eigenvalue weighted by molar-refractivity contribution is 0.266. The Labute approximate surface area is 231 Å². The molecule has 0 fully saturated rings. The fourth-order valence-corrected chi connectivity index (χ4v) is 4.88. The maximum absolute atomic E-state index is 12.9. The lowest BCUT2D eigenvalue weighted by atomic mass is 10.0. The molecule has 0 aliphatic rings. The Morgan fingerprint density at radius 2 is 1.74 bits per heavy atom. The molecule has 0 bridgehead atoms. The van der Waals surface area contributed by atoms with Crippen LogP contribution < -0.4 is 10.2 Å². The number of hydrogen-bond acceptors (Lipinski definition) is 6. The molecule has 4 aromatic rings. The van der Waals surface area contributed by atoms with Gasteiger partial charge in [-0.3, -0.25) is 0 Å². The van der Waals surface area contributed by atoms with Crippen LogP contribution in [-0.2, 0) is 13.0 Å². The average molecular weight is 533 g/mol. The number of benzene rings is 1. The minimum atomic E-state index is -0.429. The van der Waals surface area contributed by atoms with Gasteiger partial charge in [-0.25, -0.2) is 9.97 Å². The molecule has 0 radical (unpaired) electrons. The Bertz CT molecular complexity index is 1290. The number of aromatic nitrogens is 4. The van der Waals surface area contributed by atoms with Crippen LogP contribution >= 0.6 is 0 Å². The molecule has 0 saturated heterocycles. The third kappa shape index (κ3) is 7.99. The van der Waals surface area contributed by atoms with Gasteiger partial charge in [0.2, 0.25) is 5.95 Å². The van der Waals surface area contributed by atoms with Crippen LogP contribution in [0.3, 0.4) is 0 Å². The normalized spacial score (nSPS) is 12.3. The lowest BCUT2D eigenvalue weighted by Crippen LogP contribution is -2.25. The van der Waals surface area contributed by atoms with Crippen molar-refractivity contribution in [2.24, 2.45) is 0 Å². The largest absolute Gasteiger partial charge is 0.394 e. The summed E-state index contributed by atoms with van der Waals surface area (Å²) in [6.45, 7) is 5.10. The Morgan fingerprint density at radius 1 is 0.974 bits per heavy atom. The maximum atomic E-state index is 12.9. The van der Waals surface area contributed by atoms with Gasteiger partial charge in [0.1, 0.15) is 11.6 Å². The smallest absolute Gasteiger partial charge is 0.212 e. The zero-order chi connectivity index (χ0) is 27.6. The standard InChI is InChI=1S/C31H41FN6O/c1-23(2)27-20-34-38-30(37(3)21-25-13-9-7-10-14-25)18-29(36-31(27)38)35-26(22-39)15-11-6-4-5-8-12-24-16-17-28(32)33-19-24/h7,9-10,13-14,16-20,23,26,39H,4-6,8,11-12,15,21-22H2,1-3H3,(H,35,36)/t26-/m1/s1. The van der Waals surface area contributed by atoms with Crippen LogP contribution in [0, 0.1) is 5.95 Å². The van der Waals surface area contributed by atoms with E-state index >= 15 is 0 Å². The number of aliphatic hydroxyl groups is 1. The van der Waals surface area contributed by atoms with Gasteiger partial charge in [0, 0.05) is 31.4 Å². The molecule has 0 unspecified atom stereocenters. The Kier molecular flexibility index (Phi) is 10.3. The summed E-state index contributed by atoms with van der Waals surface area (Å²) in [5.74, 6) is 1.57. The van der Waals surface area contributed by atoms with Crippen molar-refractivity contribution in [1.82, 2.24) is 19.6 Å². The van der Waals surface area contributed by atoms with E-state index in [1.165, 1.54) is 11.6 Å². The first-order valence-corrected chi connectivity index (χ1v) is 14.1. The summed E-state index contributed by atoms with van der Waals surface area (Å²) >= 11 is 0. The quantitative estimate of drug-likeness (QED) is 0.137. The molecule has 4 rings (SSSR count). The van der Waals surface area contributed by atoms with E-state index in [0.717, 1.165) is 79.9 Å². The highest BCUT2D eigenvalue weighted by Crippen LogP contribution is 2.27. The van der Waals surface area contributed by atoms with E-state index in [9.17, 15) is 9.50 Å². The van der Waals surface area contributed by atoms with Crippen LogP contribution in [-0.4, -0.2) is 44.4 Å². The van der Waals surface area contributed by atoms with Gasteiger partial charge in [-0.05, 0) is 42.4 Å². The van der Waals surface area contributed by atoms with Crippen LogP contribution in [0.2, 0.25) is 0 Å². The second kappa shape index (κ2) is 14.0. The van der Waals surface area contributed by atoms with Crippen LogP contribution in [0.5, 0.6) is 0 Å². The third-order valence-electron chi connectivity index (χ3n) is 7.14. The summed E-state index contributed by atoms with van der Waals surface area (Å²) in [6, 6.07) is 15.6. The molecular formula is C31H41FN6O. The molecule has 208 valence electrons. The van der Waals surface area contributed by atoms with E-state index in [-0.39, 0.29) is 12.6 Å². The van der Waals surface area contributed by atoms with Gasteiger partial charge < -0.3 is 15.3 Å². The van der Waals surface area contributed by atoms with Gasteiger partial charge in [0.05, 0.1) is 18.8 Å². The van der Waals surface area contributed by atoms with Gasteiger partial charge >= 0.3 is 0 Å². The number of aryl methyl sites for hydroxylation is 1. The zero-order valence-corrected chi connectivity index (χ0v) is 23.4. The average Bonchev–Trinajstić information content (AvgIpc) is 3.37. The van der Waals surface area contributed by atoms with Crippen molar-refractivity contribution < 1.29 is 9.50 Å². The minimum absolute atomic E-state index is 0.0515. The summed E-state index contributed by atoms with van der Waals surface area (Å²) < 4.78 is 14.9. The van der Waals surface area contributed by atoms with Gasteiger partial charge in [-0.1, -0.05) is 75.9 Å². The second-order valence-electron chi connectivity index (χ2n) is 10.7. The van der Waals surface area contributed by atoms with Crippen LogP contribution in [0.1, 0.15) is 75.0 Å². The highest BCUT2D eigenvalue weighted by Gasteiger charge is 2.18. The topological polar surface area (TPSA) is 78.6 Å². The monoisotopic (exact) mass is 532 g/mol. The number of nitrogens with zero attached hydrogens (tertiary/aromatic N) is 5. The van der Waals surface area contributed by atoms with Gasteiger partial charge in [-0.15, -0.1) is 0 Å². The molecule has 0 aliphatic carbocycles. The van der Waals surface area contributed by atoms with Crippen molar-refractivity contribution in [3.05, 3.63) is 83.6 Å². The summed E-state index contributed by atoms with van der Waals surface area (Å²) in [5.41, 5.74) is 4.25. The molecule has 0 amide bonds. The number of pyridine rings is 1. The first kappa shape index (κ1) is 28.5. The number of rotatable bonds is 15. The lowest BCUT2D eigenvalue weighted by Gasteiger charge is -2.23. The fourth-order valence-electron chi connectivity index (χ4n) is 4.88. The SMILES string of the molecule is CC(C)c1cnn2c(N(C)Cc3ccccc3)cc(N[C@@H](CO)CCCCCCCc3ccc(F)nc3)nc12. The van der Waals surface area contributed by atoms with Crippen molar-refractivity contribution in [2.45, 2.75) is 77.3 Å². The van der Waals surface area contributed by atoms with Crippen LogP contribution in [0.25, 0.3) is 5.65 Å². The molecule has 0 saturated carbocycles. The molecule has 2 N–H and O–H groups in total. The maximum Gasteiger partial charge on any atom is 0.212 e. The summed E-state index contributed by atoms with van der Waals surface area (Å²) in [6.07, 6.45) is 10.8.